The van der Waals surface area contributed by atoms with Gasteiger partial charge in [-0.1, -0.05) is 6.07 Å². The first-order valence-electron chi connectivity index (χ1n) is 9.24. The topological polar surface area (TPSA) is 101 Å². The minimum Gasteiger partial charge on any atom is -0.398 e. The molecule has 0 spiro atoms. The van der Waals surface area contributed by atoms with Gasteiger partial charge in [-0.25, -0.2) is 4.52 Å². The first-order valence-corrected chi connectivity index (χ1v) is 9.24. The number of rotatable bonds is 5. The number of nitrogens with zero attached hydrogens (tertiary/aromatic N) is 3. The second kappa shape index (κ2) is 7.36. The SMILES string of the molecule is CC(=N)c1ccc(Nc2nc3cccc(CC4CCOCC4)n3n2)cc1N. The van der Waals surface area contributed by atoms with Crippen LogP contribution in [0.15, 0.2) is 36.4 Å². The van der Waals surface area contributed by atoms with Gasteiger partial charge in [0.2, 0.25) is 5.95 Å². The van der Waals surface area contributed by atoms with Crippen LogP contribution >= 0.6 is 0 Å². The number of pyridine rings is 1. The minimum atomic E-state index is 0.447. The molecule has 7 nitrogen and oxygen atoms in total. The molecule has 1 aliphatic heterocycles. The molecule has 3 aromatic rings. The van der Waals surface area contributed by atoms with Crippen molar-refractivity contribution in [3.05, 3.63) is 47.7 Å². The van der Waals surface area contributed by atoms with Gasteiger partial charge in [-0.2, -0.15) is 4.98 Å². The van der Waals surface area contributed by atoms with E-state index >= 15 is 0 Å². The number of benzene rings is 1. The van der Waals surface area contributed by atoms with Gasteiger partial charge < -0.3 is 21.2 Å². The summed E-state index contributed by atoms with van der Waals surface area (Å²) in [5.74, 6) is 1.16. The molecule has 4 N–H and O–H groups in total. The van der Waals surface area contributed by atoms with Crippen LogP contribution in [0.5, 0.6) is 0 Å². The predicted octanol–water partition coefficient (Wildman–Crippen LogP) is 3.41. The number of anilines is 3. The molecule has 0 atom stereocenters. The smallest absolute Gasteiger partial charge is 0.247 e. The molecule has 0 aliphatic carbocycles. The van der Waals surface area contributed by atoms with Gasteiger partial charge in [0.25, 0.3) is 0 Å². The Morgan fingerprint density at radius 3 is 2.85 bits per heavy atom. The second-order valence-corrected chi connectivity index (χ2v) is 7.03. The average molecular weight is 364 g/mol. The number of nitrogens with two attached hydrogens (primary N) is 1. The standard InChI is InChI=1S/C20H24N6O/c1-13(21)17-6-5-15(12-18(17)22)23-20-24-19-4-2-3-16(26(19)25-20)11-14-7-9-27-10-8-14/h2-6,12,14,21H,7-11,22H2,1H3,(H,23,25). The molecule has 1 aliphatic rings. The lowest BCUT2D eigenvalue weighted by Gasteiger charge is -2.21. The Bertz CT molecular complexity index is 974. The molecule has 140 valence electrons. The van der Waals surface area contributed by atoms with Crippen molar-refractivity contribution in [3.8, 4) is 0 Å². The third-order valence-electron chi connectivity index (χ3n) is 4.99. The third-order valence-corrected chi connectivity index (χ3v) is 4.99. The number of aromatic nitrogens is 3. The molecule has 1 fully saturated rings. The Morgan fingerprint density at radius 1 is 1.30 bits per heavy atom. The van der Waals surface area contributed by atoms with Gasteiger partial charge in [0.1, 0.15) is 0 Å². The molecule has 0 radical (unpaired) electrons. The minimum absolute atomic E-state index is 0.447. The van der Waals surface area contributed by atoms with Gasteiger partial charge in [-0.05, 0) is 62.4 Å². The summed E-state index contributed by atoms with van der Waals surface area (Å²) in [5.41, 5.74) is 10.6. The fraction of sp³-hybridized carbons (Fsp3) is 0.350. The first kappa shape index (κ1) is 17.5. The number of fused-ring (bicyclic) bond motifs is 1. The van der Waals surface area contributed by atoms with E-state index in [4.69, 9.17) is 15.9 Å². The molecular formula is C20H24N6O. The highest BCUT2D eigenvalue weighted by Crippen LogP contribution is 2.23. The van der Waals surface area contributed by atoms with Crippen LogP contribution < -0.4 is 11.1 Å². The van der Waals surface area contributed by atoms with E-state index in [1.807, 2.05) is 34.8 Å². The quantitative estimate of drug-likeness (QED) is 0.476. The van der Waals surface area contributed by atoms with Gasteiger partial charge in [0, 0.05) is 41.6 Å². The maximum atomic E-state index is 7.73. The van der Waals surface area contributed by atoms with Crippen LogP contribution in [0.3, 0.4) is 0 Å². The third kappa shape index (κ3) is 3.78. The van der Waals surface area contributed by atoms with Crippen molar-refractivity contribution in [1.29, 1.82) is 5.41 Å². The number of ether oxygens (including phenoxy) is 1. The molecule has 0 saturated carbocycles. The summed E-state index contributed by atoms with van der Waals surface area (Å²) < 4.78 is 7.37. The molecule has 3 heterocycles. The van der Waals surface area contributed by atoms with Gasteiger partial charge in [0.15, 0.2) is 5.65 Å². The fourth-order valence-electron chi connectivity index (χ4n) is 3.52. The Balaban J connectivity index is 1.57. The van der Waals surface area contributed by atoms with Crippen molar-refractivity contribution in [2.24, 2.45) is 5.92 Å². The average Bonchev–Trinajstić information content (AvgIpc) is 3.06. The second-order valence-electron chi connectivity index (χ2n) is 7.03. The van der Waals surface area contributed by atoms with Gasteiger partial charge in [0.05, 0.1) is 0 Å². The van der Waals surface area contributed by atoms with E-state index in [2.05, 4.69) is 21.5 Å². The summed E-state index contributed by atoms with van der Waals surface area (Å²) in [4.78, 5) is 4.58. The van der Waals surface area contributed by atoms with E-state index in [1.165, 1.54) is 0 Å². The summed E-state index contributed by atoms with van der Waals surface area (Å²) in [6, 6.07) is 11.6. The van der Waals surface area contributed by atoms with Crippen LogP contribution in [-0.2, 0) is 11.2 Å². The number of hydrogen-bond donors (Lipinski definition) is 3. The molecule has 0 bridgehead atoms. The summed E-state index contributed by atoms with van der Waals surface area (Å²) in [5, 5.41) is 15.6. The Kier molecular flexibility index (Phi) is 4.77. The number of hydrogen-bond acceptors (Lipinski definition) is 6. The van der Waals surface area contributed by atoms with Crippen molar-refractivity contribution < 1.29 is 4.74 Å². The van der Waals surface area contributed by atoms with Crippen LogP contribution in [0.1, 0.15) is 31.0 Å². The highest BCUT2D eigenvalue weighted by molar-refractivity contribution is 6.01. The molecule has 1 aromatic carbocycles. The Labute approximate surface area is 158 Å². The monoisotopic (exact) mass is 364 g/mol. The maximum Gasteiger partial charge on any atom is 0.247 e. The highest BCUT2D eigenvalue weighted by atomic mass is 16.5. The molecule has 4 rings (SSSR count). The number of nitrogen functional groups attached to an aromatic ring is 1. The van der Waals surface area contributed by atoms with E-state index in [0.29, 0.717) is 23.3 Å². The van der Waals surface area contributed by atoms with E-state index < -0.39 is 0 Å². The van der Waals surface area contributed by atoms with Crippen LogP contribution in [0, 0.1) is 11.3 Å². The molecule has 0 amide bonds. The molecular weight excluding hydrogens is 340 g/mol. The van der Waals surface area contributed by atoms with Crippen LogP contribution in [-0.4, -0.2) is 33.5 Å². The summed E-state index contributed by atoms with van der Waals surface area (Å²) in [7, 11) is 0. The Morgan fingerprint density at radius 2 is 2.11 bits per heavy atom. The van der Waals surface area contributed by atoms with Crippen molar-refractivity contribution in [3.63, 3.8) is 0 Å². The normalized spacial score (nSPS) is 15.1. The number of nitrogens with one attached hydrogen (secondary N) is 2. The van der Waals surface area contributed by atoms with Gasteiger partial charge in [-0.3, -0.25) is 0 Å². The summed E-state index contributed by atoms with van der Waals surface area (Å²) >= 11 is 0. The van der Waals surface area contributed by atoms with Gasteiger partial charge >= 0.3 is 0 Å². The zero-order valence-electron chi connectivity index (χ0n) is 15.4. The zero-order chi connectivity index (χ0) is 18.8. The predicted molar refractivity (Wildman–Crippen MR) is 107 cm³/mol. The van der Waals surface area contributed by atoms with E-state index in [9.17, 15) is 0 Å². The first-order chi connectivity index (χ1) is 13.1. The van der Waals surface area contributed by atoms with E-state index in [0.717, 1.165) is 55.1 Å². The maximum absolute atomic E-state index is 7.73. The van der Waals surface area contributed by atoms with Crippen LogP contribution in [0.2, 0.25) is 0 Å². The van der Waals surface area contributed by atoms with Crippen LogP contribution in [0.25, 0.3) is 5.65 Å². The highest BCUT2D eigenvalue weighted by Gasteiger charge is 2.17. The lowest BCUT2D eigenvalue weighted by Crippen LogP contribution is -2.18. The van der Waals surface area contributed by atoms with Crippen molar-refractivity contribution in [2.75, 3.05) is 24.3 Å². The summed E-state index contributed by atoms with van der Waals surface area (Å²) in [6.07, 6.45) is 3.16. The molecule has 27 heavy (non-hydrogen) atoms. The molecule has 0 unspecified atom stereocenters. The van der Waals surface area contributed by atoms with Crippen molar-refractivity contribution in [1.82, 2.24) is 14.6 Å². The van der Waals surface area contributed by atoms with Crippen molar-refractivity contribution in [2.45, 2.75) is 26.2 Å². The molecule has 7 heteroatoms. The van der Waals surface area contributed by atoms with Gasteiger partial charge in [-0.15, -0.1) is 5.10 Å². The molecule has 2 aromatic heterocycles. The lowest BCUT2D eigenvalue weighted by atomic mass is 9.95. The van der Waals surface area contributed by atoms with Crippen molar-refractivity contribution >= 4 is 28.7 Å². The lowest BCUT2D eigenvalue weighted by molar-refractivity contribution is 0.0661. The largest absolute Gasteiger partial charge is 0.398 e. The Hall–Kier alpha value is -2.93. The van der Waals surface area contributed by atoms with E-state index in [1.54, 1.807) is 6.92 Å². The van der Waals surface area contributed by atoms with E-state index in [-0.39, 0.29) is 0 Å². The summed E-state index contributed by atoms with van der Waals surface area (Å²) in [6.45, 7) is 3.41. The van der Waals surface area contributed by atoms with Crippen LogP contribution in [0.4, 0.5) is 17.3 Å². The fourth-order valence-corrected chi connectivity index (χ4v) is 3.52. The molecule has 1 saturated heterocycles. The zero-order valence-corrected chi connectivity index (χ0v) is 15.4.